The van der Waals surface area contributed by atoms with Crippen LogP contribution >= 0.6 is 0 Å². The summed E-state index contributed by atoms with van der Waals surface area (Å²) in [4.78, 5) is 11.8. The van der Waals surface area contributed by atoms with Gasteiger partial charge in [-0.3, -0.25) is 4.79 Å². The molecule has 1 amide bonds. The Bertz CT molecular complexity index is 446. The number of benzene rings is 1. The van der Waals surface area contributed by atoms with Crippen LogP contribution in [0.2, 0.25) is 0 Å². The standard InChI is InChI=1S/C13H15NO3/c1-17-12-7-6-10(8-11(12)15)14-13(16)9-4-2-3-5-9/h2-3,6-9,15H,4-5H2,1H3,(H,14,16). The highest BCUT2D eigenvalue weighted by Crippen LogP contribution is 2.29. The molecule has 2 rings (SSSR count). The molecular weight excluding hydrogens is 218 g/mol. The summed E-state index contributed by atoms with van der Waals surface area (Å²) in [6.07, 6.45) is 5.59. The summed E-state index contributed by atoms with van der Waals surface area (Å²) >= 11 is 0. The van der Waals surface area contributed by atoms with E-state index in [0.717, 1.165) is 12.8 Å². The fourth-order valence-electron chi connectivity index (χ4n) is 1.84. The van der Waals surface area contributed by atoms with Gasteiger partial charge >= 0.3 is 0 Å². The quantitative estimate of drug-likeness (QED) is 0.787. The Balaban J connectivity index is 2.03. The number of anilines is 1. The number of amides is 1. The number of methoxy groups -OCH3 is 1. The van der Waals surface area contributed by atoms with Crippen molar-refractivity contribution in [3.05, 3.63) is 30.4 Å². The molecule has 90 valence electrons. The second kappa shape index (κ2) is 4.91. The molecule has 0 saturated carbocycles. The lowest BCUT2D eigenvalue weighted by molar-refractivity contribution is -0.119. The summed E-state index contributed by atoms with van der Waals surface area (Å²) in [7, 11) is 1.48. The molecule has 0 aromatic heterocycles. The smallest absolute Gasteiger partial charge is 0.228 e. The number of carbonyl (C=O) groups excluding carboxylic acids is 1. The number of hydrogen-bond acceptors (Lipinski definition) is 3. The van der Waals surface area contributed by atoms with Crippen molar-refractivity contribution in [3.63, 3.8) is 0 Å². The van der Waals surface area contributed by atoms with E-state index in [-0.39, 0.29) is 17.6 Å². The van der Waals surface area contributed by atoms with Crippen molar-refractivity contribution < 1.29 is 14.6 Å². The van der Waals surface area contributed by atoms with Gasteiger partial charge in [-0.1, -0.05) is 12.2 Å². The minimum absolute atomic E-state index is 0.0132. The Hall–Kier alpha value is -1.97. The van der Waals surface area contributed by atoms with Gasteiger partial charge in [0.25, 0.3) is 0 Å². The molecule has 0 atom stereocenters. The van der Waals surface area contributed by atoms with Crippen LogP contribution < -0.4 is 10.1 Å². The lowest BCUT2D eigenvalue weighted by atomic mass is 10.1. The van der Waals surface area contributed by atoms with E-state index in [1.807, 2.05) is 12.2 Å². The molecule has 1 aliphatic rings. The lowest BCUT2D eigenvalue weighted by Crippen LogP contribution is -2.20. The zero-order chi connectivity index (χ0) is 12.3. The molecule has 0 heterocycles. The first-order valence-corrected chi connectivity index (χ1v) is 5.53. The van der Waals surface area contributed by atoms with E-state index >= 15 is 0 Å². The largest absolute Gasteiger partial charge is 0.504 e. The molecule has 1 aliphatic carbocycles. The highest BCUT2D eigenvalue weighted by Gasteiger charge is 2.19. The second-order valence-electron chi connectivity index (χ2n) is 4.02. The number of allylic oxidation sites excluding steroid dienone is 2. The summed E-state index contributed by atoms with van der Waals surface area (Å²) in [5.41, 5.74) is 0.584. The first-order valence-electron chi connectivity index (χ1n) is 5.53. The van der Waals surface area contributed by atoms with Gasteiger partial charge in [0.05, 0.1) is 7.11 Å². The Morgan fingerprint density at radius 1 is 1.41 bits per heavy atom. The summed E-state index contributed by atoms with van der Waals surface area (Å²) in [5, 5.41) is 12.4. The number of ether oxygens (including phenoxy) is 1. The Kier molecular flexibility index (Phi) is 3.32. The predicted octanol–water partition coefficient (Wildman–Crippen LogP) is 2.31. The molecule has 0 aliphatic heterocycles. The van der Waals surface area contributed by atoms with Crippen LogP contribution in [-0.2, 0) is 4.79 Å². The van der Waals surface area contributed by atoms with Crippen LogP contribution in [0.3, 0.4) is 0 Å². The number of rotatable bonds is 3. The SMILES string of the molecule is COc1ccc(NC(=O)C2CC=CC2)cc1O. The van der Waals surface area contributed by atoms with Gasteiger partial charge in [-0.05, 0) is 25.0 Å². The van der Waals surface area contributed by atoms with Gasteiger partial charge in [-0.25, -0.2) is 0 Å². The van der Waals surface area contributed by atoms with Gasteiger partial charge in [-0.2, -0.15) is 0 Å². The molecule has 2 N–H and O–H groups in total. The molecule has 0 radical (unpaired) electrons. The van der Waals surface area contributed by atoms with Gasteiger partial charge in [0.15, 0.2) is 11.5 Å². The van der Waals surface area contributed by atoms with Crippen LogP contribution in [0.5, 0.6) is 11.5 Å². The third kappa shape index (κ3) is 2.58. The van der Waals surface area contributed by atoms with Crippen molar-refractivity contribution in [1.29, 1.82) is 0 Å². The van der Waals surface area contributed by atoms with E-state index in [9.17, 15) is 9.90 Å². The zero-order valence-electron chi connectivity index (χ0n) is 9.64. The third-order valence-corrected chi connectivity index (χ3v) is 2.83. The summed E-state index contributed by atoms with van der Waals surface area (Å²) in [6.45, 7) is 0. The van der Waals surface area contributed by atoms with Crippen molar-refractivity contribution >= 4 is 11.6 Å². The number of phenols is 1. The van der Waals surface area contributed by atoms with E-state index in [2.05, 4.69) is 5.32 Å². The van der Waals surface area contributed by atoms with Crippen molar-refractivity contribution in [3.8, 4) is 11.5 Å². The monoisotopic (exact) mass is 233 g/mol. The number of aromatic hydroxyl groups is 1. The fraction of sp³-hybridized carbons (Fsp3) is 0.308. The van der Waals surface area contributed by atoms with Gasteiger partial charge in [-0.15, -0.1) is 0 Å². The van der Waals surface area contributed by atoms with E-state index in [1.165, 1.54) is 13.2 Å². The molecule has 1 aromatic carbocycles. The van der Waals surface area contributed by atoms with Gasteiger partial charge in [0.2, 0.25) is 5.91 Å². The van der Waals surface area contributed by atoms with Crippen LogP contribution in [0.4, 0.5) is 5.69 Å². The van der Waals surface area contributed by atoms with Crippen LogP contribution in [0.15, 0.2) is 30.4 Å². The van der Waals surface area contributed by atoms with Crippen LogP contribution in [0.25, 0.3) is 0 Å². The van der Waals surface area contributed by atoms with Crippen LogP contribution in [0.1, 0.15) is 12.8 Å². The maximum Gasteiger partial charge on any atom is 0.228 e. The van der Waals surface area contributed by atoms with Crippen molar-refractivity contribution in [2.45, 2.75) is 12.8 Å². The average Bonchev–Trinajstić information content (AvgIpc) is 2.82. The molecule has 17 heavy (non-hydrogen) atoms. The van der Waals surface area contributed by atoms with Crippen molar-refractivity contribution in [2.24, 2.45) is 5.92 Å². The zero-order valence-corrected chi connectivity index (χ0v) is 9.64. The maximum absolute atomic E-state index is 11.8. The highest BCUT2D eigenvalue weighted by molar-refractivity contribution is 5.93. The third-order valence-electron chi connectivity index (χ3n) is 2.83. The van der Waals surface area contributed by atoms with E-state index in [1.54, 1.807) is 12.1 Å². The molecule has 4 heteroatoms. The minimum atomic E-state index is -0.0143. The minimum Gasteiger partial charge on any atom is -0.504 e. The average molecular weight is 233 g/mol. The van der Waals surface area contributed by atoms with E-state index in [0.29, 0.717) is 11.4 Å². The Morgan fingerprint density at radius 3 is 2.71 bits per heavy atom. The lowest BCUT2D eigenvalue weighted by Gasteiger charge is -2.11. The normalized spacial score (nSPS) is 14.9. The van der Waals surface area contributed by atoms with Crippen LogP contribution in [-0.4, -0.2) is 18.1 Å². The molecule has 4 nitrogen and oxygen atoms in total. The molecule has 0 bridgehead atoms. The Labute approximate surface area is 99.9 Å². The van der Waals surface area contributed by atoms with E-state index < -0.39 is 0 Å². The predicted molar refractivity (Wildman–Crippen MR) is 65.2 cm³/mol. The number of nitrogens with one attached hydrogen (secondary N) is 1. The number of hydrogen-bond donors (Lipinski definition) is 2. The van der Waals surface area contributed by atoms with Crippen molar-refractivity contribution in [1.82, 2.24) is 0 Å². The van der Waals surface area contributed by atoms with Gasteiger partial charge in [0, 0.05) is 17.7 Å². The molecule has 0 fully saturated rings. The van der Waals surface area contributed by atoms with Gasteiger partial charge < -0.3 is 15.2 Å². The molecule has 1 aromatic rings. The first kappa shape index (κ1) is 11.5. The fourth-order valence-corrected chi connectivity index (χ4v) is 1.84. The summed E-state index contributed by atoms with van der Waals surface area (Å²) < 4.78 is 4.93. The summed E-state index contributed by atoms with van der Waals surface area (Å²) in [5.74, 6) is 0.416. The van der Waals surface area contributed by atoms with Crippen molar-refractivity contribution in [2.75, 3.05) is 12.4 Å². The first-order chi connectivity index (χ1) is 8.20. The number of carbonyl (C=O) groups is 1. The maximum atomic E-state index is 11.8. The van der Waals surface area contributed by atoms with Crippen LogP contribution in [0, 0.1) is 5.92 Å². The molecule has 0 spiro atoms. The summed E-state index contributed by atoms with van der Waals surface area (Å²) in [6, 6.07) is 4.82. The highest BCUT2D eigenvalue weighted by atomic mass is 16.5. The second-order valence-corrected chi connectivity index (χ2v) is 4.02. The van der Waals surface area contributed by atoms with Gasteiger partial charge in [0.1, 0.15) is 0 Å². The number of phenolic OH excluding ortho intramolecular Hbond substituents is 1. The Morgan fingerprint density at radius 2 is 2.12 bits per heavy atom. The van der Waals surface area contributed by atoms with E-state index in [4.69, 9.17) is 4.74 Å². The topological polar surface area (TPSA) is 58.6 Å². The molecule has 0 saturated heterocycles. The molecule has 0 unspecified atom stereocenters. The molecular formula is C13H15NO3.